The highest BCUT2D eigenvalue weighted by molar-refractivity contribution is 5.84. The van der Waals surface area contributed by atoms with Gasteiger partial charge in [-0.1, -0.05) is 30.3 Å². The fourth-order valence-electron chi connectivity index (χ4n) is 1.55. The molecule has 0 atom stereocenters. The lowest BCUT2D eigenvalue weighted by Gasteiger charge is -2.04. The SMILES string of the molecule is COc1ccccc1C=NNC(=O)Oc1ccccc1. The van der Waals surface area contributed by atoms with Gasteiger partial charge in [0.25, 0.3) is 0 Å². The third kappa shape index (κ3) is 3.84. The van der Waals surface area contributed by atoms with Gasteiger partial charge < -0.3 is 9.47 Å². The molecule has 0 fully saturated rings. The lowest BCUT2D eigenvalue weighted by molar-refractivity contribution is 0.201. The molecule has 102 valence electrons. The summed E-state index contributed by atoms with van der Waals surface area (Å²) >= 11 is 0. The molecule has 0 saturated heterocycles. The Kier molecular flexibility index (Phi) is 4.72. The summed E-state index contributed by atoms with van der Waals surface area (Å²) in [6.07, 6.45) is 0.841. The quantitative estimate of drug-likeness (QED) is 0.686. The van der Waals surface area contributed by atoms with E-state index in [-0.39, 0.29) is 0 Å². The van der Waals surface area contributed by atoms with Crippen molar-refractivity contribution in [3.05, 3.63) is 60.2 Å². The number of hydrogen-bond donors (Lipinski definition) is 1. The third-order valence-corrected chi connectivity index (χ3v) is 2.45. The first kappa shape index (κ1) is 13.6. The molecule has 2 aromatic rings. The van der Waals surface area contributed by atoms with E-state index in [9.17, 15) is 4.79 Å². The monoisotopic (exact) mass is 270 g/mol. The summed E-state index contributed by atoms with van der Waals surface area (Å²) in [6.45, 7) is 0. The van der Waals surface area contributed by atoms with Crippen molar-refractivity contribution in [2.45, 2.75) is 0 Å². The van der Waals surface area contributed by atoms with Crippen molar-refractivity contribution >= 4 is 12.3 Å². The highest BCUT2D eigenvalue weighted by Gasteiger charge is 2.02. The zero-order chi connectivity index (χ0) is 14.2. The van der Waals surface area contributed by atoms with Gasteiger partial charge in [0.15, 0.2) is 0 Å². The Morgan fingerprint density at radius 2 is 1.80 bits per heavy atom. The normalized spacial score (nSPS) is 10.2. The molecule has 0 saturated carbocycles. The predicted octanol–water partition coefficient (Wildman–Crippen LogP) is 2.82. The summed E-state index contributed by atoms with van der Waals surface area (Å²) in [5.74, 6) is 1.13. The Balaban J connectivity index is 1.91. The highest BCUT2D eigenvalue weighted by Crippen LogP contribution is 2.14. The Hall–Kier alpha value is -2.82. The van der Waals surface area contributed by atoms with Crippen LogP contribution >= 0.6 is 0 Å². The molecule has 2 aromatic carbocycles. The average molecular weight is 270 g/mol. The van der Waals surface area contributed by atoms with E-state index in [0.717, 1.165) is 5.56 Å². The van der Waals surface area contributed by atoms with Gasteiger partial charge in [-0.25, -0.2) is 10.2 Å². The van der Waals surface area contributed by atoms with Crippen LogP contribution in [-0.2, 0) is 0 Å². The fraction of sp³-hybridized carbons (Fsp3) is 0.0667. The number of carbonyl (C=O) groups excluding carboxylic acids is 1. The molecule has 0 aliphatic heterocycles. The van der Waals surface area contributed by atoms with Gasteiger partial charge >= 0.3 is 6.09 Å². The first-order valence-electron chi connectivity index (χ1n) is 5.98. The first-order valence-corrected chi connectivity index (χ1v) is 5.98. The van der Waals surface area contributed by atoms with Gasteiger partial charge in [-0.15, -0.1) is 0 Å². The van der Waals surface area contributed by atoms with Crippen molar-refractivity contribution in [3.8, 4) is 11.5 Å². The highest BCUT2D eigenvalue weighted by atomic mass is 16.6. The molecule has 0 bridgehead atoms. The topological polar surface area (TPSA) is 59.9 Å². The molecule has 0 spiro atoms. The van der Waals surface area contributed by atoms with Crippen molar-refractivity contribution in [2.75, 3.05) is 7.11 Å². The van der Waals surface area contributed by atoms with Crippen LogP contribution in [0.5, 0.6) is 11.5 Å². The van der Waals surface area contributed by atoms with Crippen LogP contribution in [0.15, 0.2) is 59.7 Å². The minimum absolute atomic E-state index is 0.456. The summed E-state index contributed by atoms with van der Waals surface area (Å²) in [6, 6.07) is 16.1. The summed E-state index contributed by atoms with van der Waals surface area (Å²) in [5.41, 5.74) is 3.04. The van der Waals surface area contributed by atoms with Crippen molar-refractivity contribution in [1.29, 1.82) is 0 Å². The van der Waals surface area contributed by atoms with Crippen LogP contribution in [0.3, 0.4) is 0 Å². The minimum Gasteiger partial charge on any atom is -0.496 e. The van der Waals surface area contributed by atoms with Crippen molar-refractivity contribution in [2.24, 2.45) is 5.10 Å². The zero-order valence-electron chi connectivity index (χ0n) is 10.9. The van der Waals surface area contributed by atoms with E-state index in [0.29, 0.717) is 11.5 Å². The van der Waals surface area contributed by atoms with Crippen molar-refractivity contribution in [3.63, 3.8) is 0 Å². The standard InChI is InChI=1S/C15H14N2O3/c1-19-14-10-6-5-7-12(14)11-16-17-15(18)20-13-8-3-2-4-9-13/h2-11H,1H3,(H,17,18). The van der Waals surface area contributed by atoms with Crippen LogP contribution in [0.2, 0.25) is 0 Å². The van der Waals surface area contributed by atoms with E-state index in [1.165, 1.54) is 6.21 Å². The number of methoxy groups -OCH3 is 1. The summed E-state index contributed by atoms with van der Waals surface area (Å²) in [5, 5.41) is 3.82. The van der Waals surface area contributed by atoms with Gasteiger partial charge in [-0.05, 0) is 24.3 Å². The van der Waals surface area contributed by atoms with E-state index in [4.69, 9.17) is 9.47 Å². The maximum atomic E-state index is 11.5. The molecule has 2 rings (SSSR count). The second kappa shape index (κ2) is 6.94. The molecule has 0 aliphatic carbocycles. The second-order valence-corrected chi connectivity index (χ2v) is 3.81. The third-order valence-electron chi connectivity index (χ3n) is 2.45. The molecule has 1 N–H and O–H groups in total. The summed E-state index contributed by atoms with van der Waals surface area (Å²) < 4.78 is 10.2. The van der Waals surface area contributed by atoms with Gasteiger partial charge in [0.1, 0.15) is 11.5 Å². The molecule has 20 heavy (non-hydrogen) atoms. The van der Waals surface area contributed by atoms with Gasteiger partial charge in [-0.2, -0.15) is 5.10 Å². The molecule has 0 aromatic heterocycles. The van der Waals surface area contributed by atoms with Crippen molar-refractivity contribution in [1.82, 2.24) is 5.43 Å². The molecular weight excluding hydrogens is 256 g/mol. The molecule has 5 heteroatoms. The number of hydrogen-bond acceptors (Lipinski definition) is 4. The van der Waals surface area contributed by atoms with E-state index >= 15 is 0 Å². The Morgan fingerprint density at radius 1 is 1.10 bits per heavy atom. The van der Waals surface area contributed by atoms with Crippen LogP contribution in [0.4, 0.5) is 4.79 Å². The fourth-order valence-corrected chi connectivity index (χ4v) is 1.55. The lowest BCUT2D eigenvalue weighted by atomic mass is 10.2. The van der Waals surface area contributed by atoms with Crippen LogP contribution in [0.1, 0.15) is 5.56 Å². The second-order valence-electron chi connectivity index (χ2n) is 3.81. The van der Waals surface area contributed by atoms with E-state index in [1.807, 2.05) is 30.3 Å². The molecular formula is C15H14N2O3. The van der Waals surface area contributed by atoms with Crippen LogP contribution < -0.4 is 14.9 Å². The lowest BCUT2D eigenvalue weighted by Crippen LogP contribution is -2.21. The smallest absolute Gasteiger partial charge is 0.433 e. The molecule has 0 aliphatic rings. The largest absolute Gasteiger partial charge is 0.496 e. The average Bonchev–Trinajstić information content (AvgIpc) is 2.49. The van der Waals surface area contributed by atoms with Gasteiger partial charge in [-0.3, -0.25) is 0 Å². The number of nitrogens with one attached hydrogen (secondary N) is 1. The van der Waals surface area contributed by atoms with E-state index in [2.05, 4.69) is 10.5 Å². The number of hydrazone groups is 1. The number of amides is 1. The molecule has 0 heterocycles. The Labute approximate surface area is 116 Å². The summed E-state index contributed by atoms with van der Waals surface area (Å²) in [7, 11) is 1.57. The van der Waals surface area contributed by atoms with E-state index < -0.39 is 6.09 Å². The Bertz CT molecular complexity index is 597. The maximum Gasteiger partial charge on any atom is 0.433 e. The maximum absolute atomic E-state index is 11.5. The van der Waals surface area contributed by atoms with Gasteiger partial charge in [0, 0.05) is 5.56 Å². The van der Waals surface area contributed by atoms with Gasteiger partial charge in [0.2, 0.25) is 0 Å². The molecule has 1 amide bonds. The first-order chi connectivity index (χ1) is 9.79. The van der Waals surface area contributed by atoms with Crippen LogP contribution in [-0.4, -0.2) is 19.4 Å². The Morgan fingerprint density at radius 3 is 2.55 bits per heavy atom. The van der Waals surface area contributed by atoms with Gasteiger partial charge in [0.05, 0.1) is 13.3 Å². The molecule has 0 radical (unpaired) electrons. The molecule has 0 unspecified atom stereocenters. The molecule has 5 nitrogen and oxygen atoms in total. The van der Waals surface area contributed by atoms with E-state index in [1.54, 1.807) is 31.4 Å². The number of para-hydroxylation sites is 2. The number of ether oxygens (including phenoxy) is 2. The summed E-state index contributed by atoms with van der Waals surface area (Å²) in [4.78, 5) is 11.5. The number of rotatable bonds is 4. The number of carbonyl (C=O) groups is 1. The zero-order valence-corrected chi connectivity index (χ0v) is 10.9. The number of benzene rings is 2. The van der Waals surface area contributed by atoms with Crippen LogP contribution in [0, 0.1) is 0 Å². The predicted molar refractivity (Wildman–Crippen MR) is 76.2 cm³/mol. The number of nitrogens with zero attached hydrogens (tertiary/aromatic N) is 1. The minimum atomic E-state index is -0.651. The van der Waals surface area contributed by atoms with Crippen LogP contribution in [0.25, 0.3) is 0 Å². The van der Waals surface area contributed by atoms with Crippen molar-refractivity contribution < 1.29 is 14.3 Å².